The van der Waals surface area contributed by atoms with E-state index in [1.54, 1.807) is 18.3 Å². The molecule has 1 heterocycles. The number of hydrogen-bond donors (Lipinski definition) is 2. The zero-order valence-electron chi connectivity index (χ0n) is 19.7. The van der Waals surface area contributed by atoms with Gasteiger partial charge < -0.3 is 15.3 Å². The minimum Gasteiger partial charge on any atom is -0.392 e. The van der Waals surface area contributed by atoms with Gasteiger partial charge in [0.25, 0.3) is 5.91 Å². The Morgan fingerprint density at radius 3 is 2.55 bits per heavy atom. The number of nitrogens with one attached hydrogen (secondary N) is 1. The molecular weight excluding hydrogens is 390 g/mol. The zero-order chi connectivity index (χ0) is 22.8. The number of pyridine rings is 1. The molecule has 3 rings (SSSR count). The number of amides is 2. The van der Waals surface area contributed by atoms with Crippen LogP contribution in [0.15, 0.2) is 24.4 Å². The summed E-state index contributed by atoms with van der Waals surface area (Å²) in [4.78, 5) is 31.7. The van der Waals surface area contributed by atoms with Gasteiger partial charge in [0.15, 0.2) is 0 Å². The van der Waals surface area contributed by atoms with E-state index in [9.17, 15) is 14.7 Å². The van der Waals surface area contributed by atoms with Crippen molar-refractivity contribution in [3.05, 3.63) is 30.1 Å². The van der Waals surface area contributed by atoms with Crippen molar-refractivity contribution in [3.8, 4) is 0 Å². The summed E-state index contributed by atoms with van der Waals surface area (Å²) in [7, 11) is 0. The van der Waals surface area contributed by atoms with Crippen LogP contribution in [-0.2, 0) is 4.79 Å². The van der Waals surface area contributed by atoms with Gasteiger partial charge in [-0.3, -0.25) is 14.6 Å². The van der Waals surface area contributed by atoms with Gasteiger partial charge in [0.05, 0.1) is 6.10 Å². The van der Waals surface area contributed by atoms with Gasteiger partial charge in [-0.05, 0) is 74.8 Å². The Morgan fingerprint density at radius 2 is 1.94 bits per heavy atom. The van der Waals surface area contributed by atoms with Crippen LogP contribution in [0, 0.1) is 29.1 Å². The predicted octanol–water partition coefficient (Wildman–Crippen LogP) is 3.51. The molecule has 31 heavy (non-hydrogen) atoms. The minimum absolute atomic E-state index is 0.00484. The highest BCUT2D eigenvalue weighted by molar-refractivity contribution is 5.92. The molecule has 2 N–H and O–H groups in total. The first-order chi connectivity index (χ1) is 14.7. The quantitative estimate of drug-likeness (QED) is 0.725. The molecule has 2 aliphatic carbocycles. The van der Waals surface area contributed by atoms with Crippen LogP contribution in [0.25, 0.3) is 0 Å². The predicted molar refractivity (Wildman–Crippen MR) is 121 cm³/mol. The molecule has 1 aromatic rings. The van der Waals surface area contributed by atoms with Crippen LogP contribution in [0.3, 0.4) is 0 Å². The lowest BCUT2D eigenvalue weighted by atomic mass is 9.51. The van der Waals surface area contributed by atoms with Crippen molar-refractivity contribution >= 4 is 11.8 Å². The van der Waals surface area contributed by atoms with E-state index in [0.717, 1.165) is 25.7 Å². The molecule has 0 spiro atoms. The molecule has 7 unspecified atom stereocenters. The van der Waals surface area contributed by atoms with E-state index in [0.29, 0.717) is 18.8 Å². The largest absolute Gasteiger partial charge is 0.392 e. The van der Waals surface area contributed by atoms with E-state index in [-0.39, 0.29) is 46.9 Å². The molecule has 7 atom stereocenters. The number of aromatic nitrogens is 1. The molecule has 2 fully saturated rings. The fraction of sp³-hybridized carbons (Fsp3) is 0.720. The summed E-state index contributed by atoms with van der Waals surface area (Å²) < 4.78 is 0. The van der Waals surface area contributed by atoms with Gasteiger partial charge in [0.2, 0.25) is 5.91 Å². The highest BCUT2D eigenvalue weighted by Gasteiger charge is 2.54. The maximum absolute atomic E-state index is 13.0. The first kappa shape index (κ1) is 23.7. The Morgan fingerprint density at radius 1 is 1.26 bits per heavy atom. The van der Waals surface area contributed by atoms with E-state index in [4.69, 9.17) is 0 Å². The van der Waals surface area contributed by atoms with Gasteiger partial charge in [-0.15, -0.1) is 0 Å². The van der Waals surface area contributed by atoms with Crippen molar-refractivity contribution < 1.29 is 14.7 Å². The van der Waals surface area contributed by atoms with Crippen LogP contribution < -0.4 is 5.32 Å². The lowest BCUT2D eigenvalue weighted by Gasteiger charge is -2.56. The second-order valence-corrected chi connectivity index (χ2v) is 9.86. The molecule has 0 bridgehead atoms. The molecule has 2 saturated carbocycles. The summed E-state index contributed by atoms with van der Waals surface area (Å²) in [6.45, 7) is 11.8. The van der Waals surface area contributed by atoms with Crippen LogP contribution in [0.1, 0.15) is 70.8 Å². The van der Waals surface area contributed by atoms with Gasteiger partial charge in [-0.2, -0.15) is 0 Å². The van der Waals surface area contributed by atoms with E-state index in [2.05, 4.69) is 24.1 Å². The second kappa shape index (κ2) is 9.68. The SMILES string of the molecule is CCN(CC)C(=O)C(C)C1CCC2(C)CCC(NC(=O)c3ccccn3)C(C)C2C1O. The van der Waals surface area contributed by atoms with Gasteiger partial charge in [-0.1, -0.05) is 26.8 Å². The van der Waals surface area contributed by atoms with Crippen LogP contribution in [0.4, 0.5) is 0 Å². The third-order valence-electron chi connectivity index (χ3n) is 8.21. The molecule has 0 saturated heterocycles. The molecule has 0 radical (unpaired) electrons. The molecule has 2 aliphatic rings. The molecule has 0 aliphatic heterocycles. The number of carbonyl (C=O) groups is 2. The lowest BCUT2D eigenvalue weighted by Crippen LogP contribution is -2.58. The Labute approximate surface area is 186 Å². The standard InChI is InChI=1S/C25H39N3O3/c1-6-28(7-2)24(31)16(3)18-11-13-25(5)14-12-19(17(4)21(25)22(18)29)27-23(30)20-10-8-9-15-26-20/h8-10,15-19,21-22,29H,6-7,11-14H2,1-5H3,(H,27,30). The number of rotatable bonds is 6. The first-order valence-electron chi connectivity index (χ1n) is 11.9. The second-order valence-electron chi connectivity index (χ2n) is 9.86. The molecule has 2 amide bonds. The van der Waals surface area contributed by atoms with Crippen molar-refractivity contribution in [2.24, 2.45) is 29.1 Å². The summed E-state index contributed by atoms with van der Waals surface area (Å²) in [5.74, 6) is -0.0796. The van der Waals surface area contributed by atoms with Crippen molar-refractivity contribution in [2.75, 3.05) is 13.1 Å². The Balaban J connectivity index is 1.75. The molecule has 6 nitrogen and oxygen atoms in total. The summed E-state index contributed by atoms with van der Waals surface area (Å²) in [5.41, 5.74) is 0.461. The Kier molecular flexibility index (Phi) is 7.40. The Bertz CT molecular complexity index is 767. The smallest absolute Gasteiger partial charge is 0.270 e. The average molecular weight is 430 g/mol. The maximum atomic E-state index is 13.0. The number of hydrogen-bond acceptors (Lipinski definition) is 4. The van der Waals surface area contributed by atoms with Gasteiger partial charge >= 0.3 is 0 Å². The number of aliphatic hydroxyl groups is 1. The third-order valence-corrected chi connectivity index (χ3v) is 8.21. The third kappa shape index (κ3) is 4.64. The van der Waals surface area contributed by atoms with Gasteiger partial charge in [0.1, 0.15) is 5.69 Å². The van der Waals surface area contributed by atoms with Crippen molar-refractivity contribution in [1.29, 1.82) is 0 Å². The van der Waals surface area contributed by atoms with E-state index in [1.807, 2.05) is 31.7 Å². The van der Waals surface area contributed by atoms with Crippen molar-refractivity contribution in [3.63, 3.8) is 0 Å². The maximum Gasteiger partial charge on any atom is 0.270 e. The molecule has 172 valence electrons. The van der Waals surface area contributed by atoms with E-state index >= 15 is 0 Å². The highest BCUT2D eigenvalue weighted by Crippen LogP contribution is 2.55. The van der Waals surface area contributed by atoms with Crippen molar-refractivity contribution in [2.45, 2.75) is 72.4 Å². The number of aliphatic hydroxyl groups excluding tert-OH is 1. The van der Waals surface area contributed by atoms with Gasteiger partial charge in [-0.25, -0.2) is 0 Å². The number of carbonyl (C=O) groups excluding carboxylic acids is 2. The molecule has 0 aromatic carbocycles. The fourth-order valence-corrected chi connectivity index (χ4v) is 6.24. The van der Waals surface area contributed by atoms with E-state index in [1.165, 1.54) is 0 Å². The summed E-state index contributed by atoms with van der Waals surface area (Å²) in [6, 6.07) is 5.33. The van der Waals surface area contributed by atoms with Crippen LogP contribution in [-0.4, -0.2) is 52.0 Å². The van der Waals surface area contributed by atoms with Crippen LogP contribution in [0.5, 0.6) is 0 Å². The number of fused-ring (bicyclic) bond motifs is 1. The normalized spacial score (nSPS) is 33.8. The first-order valence-corrected chi connectivity index (χ1v) is 11.9. The average Bonchev–Trinajstić information content (AvgIpc) is 2.76. The number of nitrogens with zero attached hydrogens (tertiary/aromatic N) is 2. The zero-order valence-corrected chi connectivity index (χ0v) is 19.7. The lowest BCUT2D eigenvalue weighted by molar-refractivity contribution is -0.149. The van der Waals surface area contributed by atoms with Crippen LogP contribution in [0.2, 0.25) is 0 Å². The molecule has 1 aromatic heterocycles. The molecule has 6 heteroatoms. The summed E-state index contributed by atoms with van der Waals surface area (Å²) in [5, 5.41) is 14.7. The minimum atomic E-state index is -0.544. The van der Waals surface area contributed by atoms with E-state index < -0.39 is 6.10 Å². The Hall–Kier alpha value is -1.95. The highest BCUT2D eigenvalue weighted by atomic mass is 16.3. The molecular formula is C25H39N3O3. The van der Waals surface area contributed by atoms with Crippen molar-refractivity contribution in [1.82, 2.24) is 15.2 Å². The monoisotopic (exact) mass is 429 g/mol. The summed E-state index contributed by atoms with van der Waals surface area (Å²) in [6.07, 6.45) is 4.84. The van der Waals surface area contributed by atoms with Gasteiger partial charge in [0, 0.05) is 31.2 Å². The summed E-state index contributed by atoms with van der Waals surface area (Å²) >= 11 is 0. The van der Waals surface area contributed by atoms with Crippen LogP contribution >= 0.6 is 0 Å². The fourth-order valence-electron chi connectivity index (χ4n) is 6.24. The topological polar surface area (TPSA) is 82.5 Å².